The number of nitrogens with zero attached hydrogens (tertiary/aromatic N) is 1. The highest BCUT2D eigenvalue weighted by Crippen LogP contribution is 2.20. The molecule has 1 fully saturated rings. The lowest BCUT2D eigenvalue weighted by atomic mass is 9.94. The number of aliphatic hydroxyl groups excluding tert-OH is 1. The monoisotopic (exact) mass is 279 g/mol. The summed E-state index contributed by atoms with van der Waals surface area (Å²) in [6.45, 7) is 0.337. The van der Waals surface area contributed by atoms with Crippen LogP contribution in [0.15, 0.2) is 30.3 Å². The van der Waals surface area contributed by atoms with Crippen molar-refractivity contribution >= 4 is 12.1 Å². The first kappa shape index (κ1) is 14.3. The van der Waals surface area contributed by atoms with Crippen LogP contribution < -0.4 is 0 Å². The molecule has 1 amide bonds. The van der Waals surface area contributed by atoms with E-state index >= 15 is 0 Å². The molecule has 2 N–H and O–H groups in total. The van der Waals surface area contributed by atoms with Crippen molar-refractivity contribution in [2.24, 2.45) is 5.92 Å². The van der Waals surface area contributed by atoms with Gasteiger partial charge in [-0.3, -0.25) is 4.79 Å². The third kappa shape index (κ3) is 3.48. The van der Waals surface area contributed by atoms with Crippen LogP contribution in [-0.2, 0) is 16.1 Å². The van der Waals surface area contributed by atoms with Gasteiger partial charge in [0, 0.05) is 6.54 Å². The summed E-state index contributed by atoms with van der Waals surface area (Å²) in [6, 6.07) is 9.26. The number of amides is 1. The summed E-state index contributed by atoms with van der Waals surface area (Å²) in [5.41, 5.74) is 0.873. The van der Waals surface area contributed by atoms with Crippen LogP contribution in [-0.4, -0.2) is 46.4 Å². The van der Waals surface area contributed by atoms with Gasteiger partial charge in [-0.15, -0.1) is 0 Å². The first-order valence-corrected chi connectivity index (χ1v) is 6.44. The molecule has 2 unspecified atom stereocenters. The number of hydrogen-bond acceptors (Lipinski definition) is 4. The molecule has 1 aromatic rings. The molecule has 1 heterocycles. The molecule has 0 radical (unpaired) electrons. The summed E-state index contributed by atoms with van der Waals surface area (Å²) < 4.78 is 5.17. The maximum atomic E-state index is 11.9. The zero-order valence-corrected chi connectivity index (χ0v) is 10.9. The molecule has 1 saturated heterocycles. The number of esters is 1. The van der Waals surface area contributed by atoms with Gasteiger partial charge in [0.05, 0.1) is 18.6 Å². The number of carboxylic acid groups (broad SMARTS) is 1. The van der Waals surface area contributed by atoms with E-state index in [-0.39, 0.29) is 26.1 Å². The molecule has 0 saturated carbocycles. The van der Waals surface area contributed by atoms with Gasteiger partial charge < -0.3 is 19.8 Å². The molecular formula is C14H17NO5. The second-order valence-corrected chi connectivity index (χ2v) is 4.78. The second kappa shape index (κ2) is 6.38. The third-order valence-electron chi connectivity index (χ3n) is 3.38. The normalized spacial score (nSPS) is 22.4. The maximum absolute atomic E-state index is 11.9. The lowest BCUT2D eigenvalue weighted by Gasteiger charge is -2.32. The van der Waals surface area contributed by atoms with Crippen molar-refractivity contribution in [2.75, 3.05) is 13.1 Å². The number of carbonyl (C=O) groups is 2. The fraction of sp³-hybridized carbons (Fsp3) is 0.429. The van der Waals surface area contributed by atoms with Gasteiger partial charge in [0.15, 0.2) is 0 Å². The Hall–Kier alpha value is -2.08. The number of ether oxygens (including phenoxy) is 1. The van der Waals surface area contributed by atoms with Crippen molar-refractivity contribution in [1.29, 1.82) is 0 Å². The van der Waals surface area contributed by atoms with Gasteiger partial charge in [-0.25, -0.2) is 4.79 Å². The van der Waals surface area contributed by atoms with Crippen LogP contribution >= 0.6 is 0 Å². The second-order valence-electron chi connectivity index (χ2n) is 4.78. The molecule has 0 aromatic heterocycles. The molecule has 2 rings (SSSR count). The van der Waals surface area contributed by atoms with E-state index in [4.69, 9.17) is 9.84 Å². The molecular weight excluding hydrogens is 262 g/mol. The Bertz CT molecular complexity index is 476. The van der Waals surface area contributed by atoms with E-state index in [0.717, 1.165) is 10.5 Å². The topological polar surface area (TPSA) is 87.1 Å². The van der Waals surface area contributed by atoms with Crippen molar-refractivity contribution in [1.82, 2.24) is 4.90 Å². The molecule has 20 heavy (non-hydrogen) atoms. The van der Waals surface area contributed by atoms with Gasteiger partial charge in [0.25, 0.3) is 0 Å². The average molecular weight is 279 g/mol. The highest BCUT2D eigenvalue weighted by atomic mass is 16.5. The van der Waals surface area contributed by atoms with Gasteiger partial charge in [-0.1, -0.05) is 30.3 Å². The fourth-order valence-electron chi connectivity index (χ4n) is 2.22. The van der Waals surface area contributed by atoms with Crippen molar-refractivity contribution in [3.63, 3.8) is 0 Å². The summed E-state index contributed by atoms with van der Waals surface area (Å²) in [5, 5.41) is 18.7. The Morgan fingerprint density at radius 3 is 2.60 bits per heavy atom. The van der Waals surface area contributed by atoms with Crippen LogP contribution in [0.2, 0.25) is 0 Å². The lowest BCUT2D eigenvalue weighted by Crippen LogP contribution is -2.48. The van der Waals surface area contributed by atoms with Crippen molar-refractivity contribution in [3.05, 3.63) is 35.9 Å². The molecule has 1 aliphatic rings. The minimum atomic E-state index is -1.08. The number of likely N-dealkylation sites (tertiary alicyclic amines) is 1. The molecule has 1 aromatic carbocycles. The maximum Gasteiger partial charge on any atom is 0.407 e. The van der Waals surface area contributed by atoms with Crippen LogP contribution in [0.5, 0.6) is 0 Å². The van der Waals surface area contributed by atoms with Crippen LogP contribution in [0.4, 0.5) is 4.79 Å². The molecule has 6 heteroatoms. The van der Waals surface area contributed by atoms with Gasteiger partial charge in [0.1, 0.15) is 6.61 Å². The molecule has 2 atom stereocenters. The minimum Gasteiger partial charge on any atom is -0.465 e. The van der Waals surface area contributed by atoms with Crippen molar-refractivity contribution in [2.45, 2.75) is 19.1 Å². The van der Waals surface area contributed by atoms with E-state index in [1.165, 1.54) is 0 Å². The number of benzene rings is 1. The Balaban J connectivity index is 1.85. The van der Waals surface area contributed by atoms with E-state index in [1.807, 2.05) is 30.3 Å². The van der Waals surface area contributed by atoms with Crippen LogP contribution in [0, 0.1) is 5.92 Å². The van der Waals surface area contributed by atoms with Gasteiger partial charge in [-0.05, 0) is 12.0 Å². The predicted octanol–water partition coefficient (Wildman–Crippen LogP) is 1.09. The molecule has 108 valence electrons. The highest BCUT2D eigenvalue weighted by Gasteiger charge is 2.35. The first-order valence-electron chi connectivity index (χ1n) is 6.44. The number of hydrogen-bond donors (Lipinski definition) is 2. The molecule has 0 aliphatic carbocycles. The predicted molar refractivity (Wildman–Crippen MR) is 69.9 cm³/mol. The smallest absolute Gasteiger partial charge is 0.407 e. The van der Waals surface area contributed by atoms with Crippen LogP contribution in [0.1, 0.15) is 12.0 Å². The Labute approximate surface area is 116 Å². The van der Waals surface area contributed by atoms with E-state index in [0.29, 0.717) is 0 Å². The van der Waals surface area contributed by atoms with E-state index in [1.54, 1.807) is 0 Å². The zero-order chi connectivity index (χ0) is 14.5. The number of piperidine rings is 1. The van der Waals surface area contributed by atoms with Crippen molar-refractivity contribution < 1.29 is 24.5 Å². The molecule has 0 spiro atoms. The Kier molecular flexibility index (Phi) is 4.57. The van der Waals surface area contributed by atoms with E-state index in [2.05, 4.69) is 0 Å². The highest BCUT2D eigenvalue weighted by molar-refractivity contribution is 5.74. The summed E-state index contributed by atoms with van der Waals surface area (Å²) >= 11 is 0. The fourth-order valence-corrected chi connectivity index (χ4v) is 2.22. The minimum absolute atomic E-state index is 0.0551. The summed E-state index contributed by atoms with van der Waals surface area (Å²) in [6.07, 6.45) is -1.82. The summed E-state index contributed by atoms with van der Waals surface area (Å²) in [5.74, 6) is -1.14. The number of β-amino-alcohol motifs (C(OH)–C–C–N with tert-alkyl or cyclic N) is 1. The van der Waals surface area contributed by atoms with Gasteiger partial charge >= 0.3 is 12.1 Å². The van der Waals surface area contributed by atoms with Gasteiger partial charge in [0.2, 0.25) is 0 Å². The third-order valence-corrected chi connectivity index (χ3v) is 3.38. The van der Waals surface area contributed by atoms with Crippen molar-refractivity contribution in [3.8, 4) is 0 Å². The number of carbonyl (C=O) groups excluding carboxylic acids is 1. The quantitative estimate of drug-likeness (QED) is 0.809. The average Bonchev–Trinajstić information content (AvgIpc) is 2.45. The number of aliphatic hydroxyl groups is 1. The standard InChI is InChI=1S/C14H17NO5/c16-12-8-15(14(18)19)7-6-11(12)13(17)20-9-10-4-2-1-3-5-10/h1-5,11-12,16H,6-9H2,(H,18,19). The summed E-state index contributed by atoms with van der Waals surface area (Å²) in [7, 11) is 0. The largest absolute Gasteiger partial charge is 0.465 e. The summed E-state index contributed by atoms with van der Waals surface area (Å²) in [4.78, 5) is 23.8. The molecule has 0 bridgehead atoms. The van der Waals surface area contributed by atoms with E-state index in [9.17, 15) is 14.7 Å². The zero-order valence-electron chi connectivity index (χ0n) is 10.9. The SMILES string of the molecule is O=C(OCc1ccccc1)C1CCN(C(=O)O)CC1O. The Morgan fingerprint density at radius 1 is 1.30 bits per heavy atom. The first-order chi connectivity index (χ1) is 9.58. The van der Waals surface area contributed by atoms with Crippen LogP contribution in [0.25, 0.3) is 0 Å². The Morgan fingerprint density at radius 2 is 2.00 bits per heavy atom. The lowest BCUT2D eigenvalue weighted by molar-refractivity contribution is -0.156. The molecule has 6 nitrogen and oxygen atoms in total. The molecule has 1 aliphatic heterocycles. The van der Waals surface area contributed by atoms with Gasteiger partial charge in [-0.2, -0.15) is 0 Å². The van der Waals surface area contributed by atoms with Crippen LogP contribution in [0.3, 0.4) is 0 Å². The number of rotatable bonds is 3. The van der Waals surface area contributed by atoms with E-state index < -0.39 is 24.1 Å².